The van der Waals surface area contributed by atoms with Gasteiger partial charge in [0.2, 0.25) is 0 Å². The zero-order chi connectivity index (χ0) is 16.7. The zero-order valence-electron chi connectivity index (χ0n) is 12.9. The number of ether oxygens (including phenoxy) is 1. The second kappa shape index (κ2) is 7.74. The standard InChI is InChI=1S/C17H17N3O3/c1-12-4-3-5-14(10-12)19-16(21)17(22)20-18-11-13-6-8-15(23-2)9-7-13/h3-11H,1-2H3,(H,19,21)(H,20,22)/b18-11-. The summed E-state index contributed by atoms with van der Waals surface area (Å²) in [6.07, 6.45) is 1.44. The number of carbonyl (C=O) groups excluding carboxylic acids is 2. The number of anilines is 1. The lowest BCUT2D eigenvalue weighted by Crippen LogP contribution is -2.32. The first-order valence-electron chi connectivity index (χ1n) is 6.93. The van der Waals surface area contributed by atoms with Crippen LogP contribution in [0.25, 0.3) is 0 Å². The summed E-state index contributed by atoms with van der Waals surface area (Å²) in [7, 11) is 1.58. The molecule has 0 aromatic heterocycles. The summed E-state index contributed by atoms with van der Waals surface area (Å²) in [4.78, 5) is 23.4. The van der Waals surface area contributed by atoms with Crippen LogP contribution in [0.3, 0.4) is 0 Å². The molecule has 0 fully saturated rings. The maximum Gasteiger partial charge on any atom is 0.329 e. The van der Waals surface area contributed by atoms with Gasteiger partial charge in [-0.25, -0.2) is 5.43 Å². The van der Waals surface area contributed by atoms with E-state index in [1.807, 2.05) is 13.0 Å². The highest BCUT2D eigenvalue weighted by atomic mass is 16.5. The molecule has 0 aliphatic carbocycles. The Kier molecular flexibility index (Phi) is 5.46. The average Bonchev–Trinajstić information content (AvgIpc) is 2.55. The highest BCUT2D eigenvalue weighted by molar-refractivity contribution is 6.39. The van der Waals surface area contributed by atoms with E-state index in [1.54, 1.807) is 49.6 Å². The Morgan fingerprint density at radius 1 is 1.09 bits per heavy atom. The van der Waals surface area contributed by atoms with Crippen LogP contribution in [0, 0.1) is 6.92 Å². The lowest BCUT2D eigenvalue weighted by molar-refractivity contribution is -0.136. The quantitative estimate of drug-likeness (QED) is 0.515. The molecule has 0 atom stereocenters. The van der Waals surface area contributed by atoms with Crippen LogP contribution in [-0.4, -0.2) is 25.1 Å². The molecule has 2 N–H and O–H groups in total. The summed E-state index contributed by atoms with van der Waals surface area (Å²) in [5.41, 5.74) is 4.50. The molecule has 0 radical (unpaired) electrons. The molecule has 2 aromatic carbocycles. The SMILES string of the molecule is COc1ccc(/C=N\NC(=O)C(=O)Nc2cccc(C)c2)cc1. The Morgan fingerprint density at radius 2 is 1.83 bits per heavy atom. The molecule has 23 heavy (non-hydrogen) atoms. The summed E-state index contributed by atoms with van der Waals surface area (Å²) < 4.78 is 5.04. The maximum absolute atomic E-state index is 11.7. The van der Waals surface area contributed by atoms with Crippen LogP contribution in [0.4, 0.5) is 5.69 Å². The van der Waals surface area contributed by atoms with Gasteiger partial charge in [0.1, 0.15) is 5.75 Å². The molecule has 0 spiro atoms. The van der Waals surface area contributed by atoms with Crippen LogP contribution < -0.4 is 15.5 Å². The number of benzene rings is 2. The molecule has 2 rings (SSSR count). The lowest BCUT2D eigenvalue weighted by Gasteiger charge is -2.04. The monoisotopic (exact) mass is 311 g/mol. The third-order valence-electron chi connectivity index (χ3n) is 2.98. The van der Waals surface area contributed by atoms with E-state index in [0.717, 1.165) is 16.9 Å². The van der Waals surface area contributed by atoms with Crippen molar-refractivity contribution >= 4 is 23.7 Å². The van der Waals surface area contributed by atoms with Crippen LogP contribution in [0.5, 0.6) is 5.75 Å². The zero-order valence-corrected chi connectivity index (χ0v) is 12.9. The molecule has 0 aliphatic heterocycles. The number of rotatable bonds is 4. The Labute approximate surface area is 134 Å². The molecule has 118 valence electrons. The van der Waals surface area contributed by atoms with Crippen LogP contribution in [-0.2, 0) is 9.59 Å². The second-order valence-electron chi connectivity index (χ2n) is 4.80. The van der Waals surface area contributed by atoms with Crippen molar-refractivity contribution < 1.29 is 14.3 Å². The van der Waals surface area contributed by atoms with Crippen molar-refractivity contribution in [2.45, 2.75) is 6.92 Å². The number of aryl methyl sites for hydroxylation is 1. The average molecular weight is 311 g/mol. The van der Waals surface area contributed by atoms with E-state index in [2.05, 4.69) is 15.8 Å². The van der Waals surface area contributed by atoms with E-state index in [9.17, 15) is 9.59 Å². The van der Waals surface area contributed by atoms with Crippen LogP contribution in [0.15, 0.2) is 53.6 Å². The normalized spacial score (nSPS) is 10.3. The number of amides is 2. The maximum atomic E-state index is 11.7. The fourth-order valence-electron chi connectivity index (χ4n) is 1.82. The topological polar surface area (TPSA) is 79.8 Å². The van der Waals surface area contributed by atoms with Gasteiger partial charge in [-0.3, -0.25) is 9.59 Å². The highest BCUT2D eigenvalue weighted by Crippen LogP contribution is 2.10. The predicted molar refractivity (Wildman–Crippen MR) is 88.5 cm³/mol. The fourth-order valence-corrected chi connectivity index (χ4v) is 1.82. The first kappa shape index (κ1) is 16.2. The van der Waals surface area contributed by atoms with Gasteiger partial charge in [0.15, 0.2) is 0 Å². The van der Waals surface area contributed by atoms with E-state index in [1.165, 1.54) is 6.21 Å². The number of methoxy groups -OCH3 is 1. The fraction of sp³-hybridized carbons (Fsp3) is 0.118. The first-order chi connectivity index (χ1) is 11.1. The Hall–Kier alpha value is -3.15. The minimum atomic E-state index is -0.837. The molecule has 0 saturated carbocycles. The second-order valence-corrected chi connectivity index (χ2v) is 4.80. The van der Waals surface area contributed by atoms with Gasteiger partial charge in [-0.1, -0.05) is 12.1 Å². The summed E-state index contributed by atoms with van der Waals surface area (Å²) >= 11 is 0. The van der Waals surface area contributed by atoms with E-state index >= 15 is 0 Å². The molecule has 6 heteroatoms. The van der Waals surface area contributed by atoms with E-state index in [0.29, 0.717) is 5.69 Å². The number of hydrogen-bond acceptors (Lipinski definition) is 4. The number of hydrogen-bond donors (Lipinski definition) is 2. The molecule has 2 aromatic rings. The minimum absolute atomic E-state index is 0.560. The van der Waals surface area contributed by atoms with Gasteiger partial charge < -0.3 is 10.1 Å². The van der Waals surface area contributed by atoms with Gasteiger partial charge in [-0.15, -0.1) is 0 Å². The molecular formula is C17H17N3O3. The van der Waals surface area contributed by atoms with Gasteiger partial charge >= 0.3 is 11.8 Å². The van der Waals surface area contributed by atoms with Crippen LogP contribution >= 0.6 is 0 Å². The smallest absolute Gasteiger partial charge is 0.329 e. The van der Waals surface area contributed by atoms with Gasteiger partial charge in [0, 0.05) is 5.69 Å². The molecule has 0 unspecified atom stereocenters. The highest BCUT2D eigenvalue weighted by Gasteiger charge is 2.12. The molecule has 0 aliphatic rings. The van der Waals surface area contributed by atoms with Crippen molar-refractivity contribution in [3.63, 3.8) is 0 Å². The summed E-state index contributed by atoms with van der Waals surface area (Å²) in [5.74, 6) is -0.887. The Balaban J connectivity index is 1.88. The molecule has 0 bridgehead atoms. The number of hydrazone groups is 1. The third kappa shape index (κ3) is 4.96. The van der Waals surface area contributed by atoms with Crippen molar-refractivity contribution in [1.29, 1.82) is 0 Å². The molecular weight excluding hydrogens is 294 g/mol. The van der Waals surface area contributed by atoms with Crippen molar-refractivity contribution in [1.82, 2.24) is 5.43 Å². The van der Waals surface area contributed by atoms with Crippen molar-refractivity contribution in [3.8, 4) is 5.75 Å². The van der Waals surface area contributed by atoms with Gasteiger partial charge in [-0.2, -0.15) is 5.10 Å². The lowest BCUT2D eigenvalue weighted by atomic mass is 10.2. The van der Waals surface area contributed by atoms with Gasteiger partial charge in [-0.05, 0) is 54.4 Å². The molecule has 6 nitrogen and oxygen atoms in total. The van der Waals surface area contributed by atoms with E-state index in [-0.39, 0.29) is 0 Å². The largest absolute Gasteiger partial charge is 0.497 e. The first-order valence-corrected chi connectivity index (χ1v) is 6.93. The summed E-state index contributed by atoms with van der Waals surface area (Å²) in [5, 5.41) is 6.26. The Morgan fingerprint density at radius 3 is 2.48 bits per heavy atom. The third-order valence-corrected chi connectivity index (χ3v) is 2.98. The molecule has 2 amide bonds. The number of nitrogens with zero attached hydrogens (tertiary/aromatic N) is 1. The van der Waals surface area contributed by atoms with Crippen molar-refractivity contribution in [2.75, 3.05) is 12.4 Å². The van der Waals surface area contributed by atoms with Gasteiger partial charge in [0.05, 0.1) is 13.3 Å². The minimum Gasteiger partial charge on any atom is -0.497 e. The van der Waals surface area contributed by atoms with E-state index in [4.69, 9.17) is 4.74 Å². The predicted octanol–water partition coefficient (Wildman–Crippen LogP) is 2.09. The van der Waals surface area contributed by atoms with E-state index < -0.39 is 11.8 Å². The molecule has 0 heterocycles. The van der Waals surface area contributed by atoms with Crippen molar-refractivity contribution in [2.24, 2.45) is 5.10 Å². The summed E-state index contributed by atoms with van der Waals surface area (Å²) in [6, 6.07) is 14.3. The number of carbonyl (C=O) groups is 2. The van der Waals surface area contributed by atoms with Crippen molar-refractivity contribution in [3.05, 3.63) is 59.7 Å². The molecule has 0 saturated heterocycles. The Bertz CT molecular complexity index is 724. The van der Waals surface area contributed by atoms with Crippen LogP contribution in [0.1, 0.15) is 11.1 Å². The number of nitrogens with one attached hydrogen (secondary N) is 2. The van der Waals surface area contributed by atoms with Crippen LogP contribution in [0.2, 0.25) is 0 Å². The summed E-state index contributed by atoms with van der Waals surface area (Å²) in [6.45, 7) is 1.90. The van der Waals surface area contributed by atoms with Gasteiger partial charge in [0.25, 0.3) is 0 Å².